The fraction of sp³-hybridized carbons (Fsp3) is 0.333. The first-order valence-electron chi connectivity index (χ1n) is 11.4. The molecule has 5 nitrogen and oxygen atoms in total. The van der Waals surface area contributed by atoms with Crippen LogP contribution in [0.1, 0.15) is 53.9 Å². The van der Waals surface area contributed by atoms with Crippen molar-refractivity contribution in [3.05, 3.63) is 88.3 Å². The predicted molar refractivity (Wildman–Crippen MR) is 126 cm³/mol. The zero-order valence-electron chi connectivity index (χ0n) is 19.5. The second-order valence-corrected chi connectivity index (χ2v) is 8.91. The standard InChI is InChI=1S/C27H28F2N2O3/c1-4-19-13-24-18(16-30-31(24)22-10-8-20(28)9-11-22)15-27(19,2)25(32)12-6-17-5-7-21(29)14-23(17)26(33)34-3/h5,7-11,13-14,16,25,32H,4,6,12,15H2,1-3H3/t25-,27?/m0/s1. The van der Waals surface area contributed by atoms with Crippen LogP contribution in [0.15, 0.2) is 54.2 Å². The zero-order valence-corrected chi connectivity index (χ0v) is 19.5. The summed E-state index contributed by atoms with van der Waals surface area (Å²) in [6.07, 6.45) is 5.29. The SMILES string of the molecule is CCC1=Cc2c(cnn2-c2ccc(F)cc2)CC1(C)[C@@H](O)CCc1ccc(F)cc1C(=O)OC. The van der Waals surface area contributed by atoms with Crippen LogP contribution in [0.5, 0.6) is 0 Å². The maximum absolute atomic E-state index is 13.7. The minimum atomic E-state index is -0.698. The van der Waals surface area contributed by atoms with Crippen LogP contribution in [-0.4, -0.2) is 34.1 Å². The van der Waals surface area contributed by atoms with E-state index in [1.165, 1.54) is 31.4 Å². The summed E-state index contributed by atoms with van der Waals surface area (Å²) in [7, 11) is 1.26. The van der Waals surface area contributed by atoms with Gasteiger partial charge in [0.25, 0.3) is 0 Å². The number of carbonyl (C=O) groups is 1. The molecule has 0 saturated heterocycles. The minimum Gasteiger partial charge on any atom is -0.465 e. The van der Waals surface area contributed by atoms with Crippen molar-refractivity contribution in [1.82, 2.24) is 9.78 Å². The van der Waals surface area contributed by atoms with Gasteiger partial charge in [-0.15, -0.1) is 0 Å². The third-order valence-electron chi connectivity index (χ3n) is 6.84. The zero-order chi connectivity index (χ0) is 24.5. The van der Waals surface area contributed by atoms with Gasteiger partial charge in [0.05, 0.1) is 36.4 Å². The van der Waals surface area contributed by atoms with Gasteiger partial charge in [-0.05, 0) is 79.3 Å². The average Bonchev–Trinajstić information content (AvgIpc) is 3.24. The molecule has 1 aromatic heterocycles. The van der Waals surface area contributed by atoms with E-state index in [-0.39, 0.29) is 11.4 Å². The quantitative estimate of drug-likeness (QED) is 0.481. The van der Waals surface area contributed by atoms with Crippen LogP contribution in [0.2, 0.25) is 0 Å². The summed E-state index contributed by atoms with van der Waals surface area (Å²) in [5.74, 6) is -1.41. The number of aliphatic hydroxyl groups excluding tert-OH is 1. The largest absolute Gasteiger partial charge is 0.465 e. The van der Waals surface area contributed by atoms with Crippen molar-refractivity contribution in [3.8, 4) is 5.69 Å². The second-order valence-electron chi connectivity index (χ2n) is 8.91. The summed E-state index contributed by atoms with van der Waals surface area (Å²) in [4.78, 5) is 12.1. The molecule has 0 spiro atoms. The van der Waals surface area contributed by atoms with Crippen LogP contribution in [0, 0.1) is 17.0 Å². The molecule has 0 radical (unpaired) electrons. The van der Waals surface area contributed by atoms with Gasteiger partial charge in [-0.1, -0.05) is 25.5 Å². The van der Waals surface area contributed by atoms with Crippen LogP contribution in [0.3, 0.4) is 0 Å². The van der Waals surface area contributed by atoms with Gasteiger partial charge in [-0.3, -0.25) is 0 Å². The van der Waals surface area contributed by atoms with E-state index >= 15 is 0 Å². The van der Waals surface area contributed by atoms with Crippen molar-refractivity contribution in [2.24, 2.45) is 5.41 Å². The first kappa shape index (κ1) is 23.8. The molecule has 1 N–H and O–H groups in total. The number of halogens is 2. The van der Waals surface area contributed by atoms with E-state index in [1.807, 2.05) is 6.92 Å². The van der Waals surface area contributed by atoms with Crippen molar-refractivity contribution in [2.45, 2.75) is 45.6 Å². The Hall–Kier alpha value is -3.32. The fourth-order valence-electron chi connectivity index (χ4n) is 4.82. The highest BCUT2D eigenvalue weighted by Crippen LogP contribution is 2.44. The number of nitrogens with zero attached hydrogens (tertiary/aromatic N) is 2. The molecule has 2 aromatic carbocycles. The van der Waals surface area contributed by atoms with Crippen molar-refractivity contribution >= 4 is 12.0 Å². The first-order chi connectivity index (χ1) is 16.3. The Bertz CT molecular complexity index is 1230. The lowest BCUT2D eigenvalue weighted by atomic mass is 9.67. The van der Waals surface area contributed by atoms with E-state index < -0.39 is 23.3 Å². The van der Waals surface area contributed by atoms with E-state index in [4.69, 9.17) is 4.74 Å². The molecule has 2 atom stereocenters. The van der Waals surface area contributed by atoms with Crippen LogP contribution < -0.4 is 0 Å². The lowest BCUT2D eigenvalue weighted by molar-refractivity contribution is 0.0524. The van der Waals surface area contributed by atoms with E-state index in [2.05, 4.69) is 18.1 Å². The Labute approximate surface area is 197 Å². The smallest absolute Gasteiger partial charge is 0.338 e. The molecule has 0 fully saturated rings. The first-order valence-corrected chi connectivity index (χ1v) is 11.4. The fourth-order valence-corrected chi connectivity index (χ4v) is 4.82. The maximum atomic E-state index is 13.7. The van der Waals surface area contributed by atoms with Crippen molar-refractivity contribution < 1.29 is 23.4 Å². The minimum absolute atomic E-state index is 0.178. The third kappa shape index (κ3) is 4.40. The van der Waals surface area contributed by atoms with Gasteiger partial charge in [0.2, 0.25) is 0 Å². The van der Waals surface area contributed by atoms with Crippen molar-refractivity contribution in [2.75, 3.05) is 7.11 Å². The van der Waals surface area contributed by atoms with Gasteiger partial charge in [-0.2, -0.15) is 5.10 Å². The van der Waals surface area contributed by atoms with Gasteiger partial charge < -0.3 is 9.84 Å². The summed E-state index contributed by atoms with van der Waals surface area (Å²) in [5.41, 5.74) is 4.08. The molecule has 34 heavy (non-hydrogen) atoms. The molecule has 0 bridgehead atoms. The Morgan fingerprint density at radius 2 is 1.91 bits per heavy atom. The maximum Gasteiger partial charge on any atom is 0.338 e. The summed E-state index contributed by atoms with van der Waals surface area (Å²) in [6, 6.07) is 10.2. The van der Waals surface area contributed by atoms with Gasteiger partial charge in [0, 0.05) is 5.41 Å². The van der Waals surface area contributed by atoms with Gasteiger partial charge >= 0.3 is 5.97 Å². The molecular weight excluding hydrogens is 438 g/mol. The Kier molecular flexibility index (Phi) is 6.66. The highest BCUT2D eigenvalue weighted by atomic mass is 19.1. The Morgan fingerprint density at radius 3 is 2.59 bits per heavy atom. The number of rotatable bonds is 7. The van der Waals surface area contributed by atoms with Gasteiger partial charge in [0.15, 0.2) is 0 Å². The molecule has 0 amide bonds. The number of benzene rings is 2. The molecular formula is C27H28F2N2O3. The van der Waals surface area contributed by atoms with Gasteiger partial charge in [0.1, 0.15) is 11.6 Å². The molecule has 1 aliphatic rings. The number of esters is 1. The number of hydrogen-bond donors (Lipinski definition) is 1. The summed E-state index contributed by atoms with van der Waals surface area (Å²) < 4.78 is 33.6. The summed E-state index contributed by atoms with van der Waals surface area (Å²) >= 11 is 0. The third-order valence-corrected chi connectivity index (χ3v) is 6.84. The predicted octanol–water partition coefficient (Wildman–Crippen LogP) is 5.29. The molecule has 178 valence electrons. The number of carbonyl (C=O) groups excluding carboxylic acids is 1. The lowest BCUT2D eigenvalue weighted by Crippen LogP contribution is -2.38. The monoisotopic (exact) mass is 466 g/mol. The normalized spacial score (nSPS) is 18.2. The molecule has 0 aliphatic heterocycles. The number of methoxy groups -OCH3 is 1. The number of hydrogen-bond acceptors (Lipinski definition) is 4. The van der Waals surface area contributed by atoms with Gasteiger partial charge in [-0.25, -0.2) is 18.3 Å². The number of aromatic nitrogens is 2. The van der Waals surface area contributed by atoms with Crippen LogP contribution in [0.25, 0.3) is 11.8 Å². The Balaban J connectivity index is 1.59. The second kappa shape index (κ2) is 9.50. The molecule has 1 heterocycles. The topological polar surface area (TPSA) is 64.3 Å². The lowest BCUT2D eigenvalue weighted by Gasteiger charge is -2.39. The molecule has 3 aromatic rings. The van der Waals surface area contributed by atoms with Crippen molar-refractivity contribution in [1.29, 1.82) is 0 Å². The highest BCUT2D eigenvalue weighted by molar-refractivity contribution is 5.91. The van der Waals surface area contributed by atoms with E-state index in [1.54, 1.807) is 29.1 Å². The molecule has 7 heteroatoms. The van der Waals surface area contributed by atoms with E-state index in [0.29, 0.717) is 24.8 Å². The van der Waals surface area contributed by atoms with Crippen LogP contribution in [0.4, 0.5) is 8.78 Å². The molecule has 1 unspecified atom stereocenters. The van der Waals surface area contributed by atoms with E-state index in [0.717, 1.165) is 28.9 Å². The van der Waals surface area contributed by atoms with Crippen LogP contribution in [-0.2, 0) is 17.6 Å². The number of aryl methyl sites for hydroxylation is 1. The molecule has 4 rings (SSSR count). The van der Waals surface area contributed by atoms with Crippen LogP contribution >= 0.6 is 0 Å². The summed E-state index contributed by atoms with van der Waals surface area (Å²) in [5, 5.41) is 15.8. The molecule has 1 aliphatic carbocycles. The molecule has 0 saturated carbocycles. The average molecular weight is 467 g/mol. The number of aliphatic hydroxyl groups is 1. The Morgan fingerprint density at radius 1 is 1.21 bits per heavy atom. The number of fused-ring (bicyclic) bond motifs is 1. The number of ether oxygens (including phenoxy) is 1. The highest BCUT2D eigenvalue weighted by Gasteiger charge is 2.40. The van der Waals surface area contributed by atoms with Crippen molar-refractivity contribution in [3.63, 3.8) is 0 Å². The van der Waals surface area contributed by atoms with E-state index in [9.17, 15) is 18.7 Å². The summed E-state index contributed by atoms with van der Waals surface area (Å²) in [6.45, 7) is 4.09.